The first-order chi connectivity index (χ1) is 10.1. The van der Waals surface area contributed by atoms with Crippen molar-refractivity contribution in [3.05, 3.63) is 63.3 Å². The maximum absolute atomic E-state index is 12.1. The molecule has 2 atom stereocenters. The summed E-state index contributed by atoms with van der Waals surface area (Å²) < 4.78 is 0. The number of hydrogen-bond donors (Lipinski definition) is 1. The van der Waals surface area contributed by atoms with Crippen molar-refractivity contribution in [1.82, 2.24) is 14.9 Å². The molecule has 0 radical (unpaired) electrons. The highest BCUT2D eigenvalue weighted by atomic mass is 16.1. The van der Waals surface area contributed by atoms with Crippen LogP contribution in [0.15, 0.2) is 35.1 Å². The number of aryl methyl sites for hydroxylation is 1. The van der Waals surface area contributed by atoms with E-state index in [1.54, 1.807) is 0 Å². The van der Waals surface area contributed by atoms with Crippen LogP contribution < -0.4 is 5.56 Å². The molecule has 0 fully saturated rings. The van der Waals surface area contributed by atoms with Gasteiger partial charge >= 0.3 is 0 Å². The third kappa shape index (κ3) is 2.63. The second kappa shape index (κ2) is 5.45. The summed E-state index contributed by atoms with van der Waals surface area (Å²) in [6.45, 7) is 6.97. The minimum Gasteiger partial charge on any atom is -0.311 e. The molecule has 1 aliphatic heterocycles. The molecular weight excluding hydrogens is 262 g/mol. The maximum Gasteiger partial charge on any atom is 0.254 e. The van der Waals surface area contributed by atoms with Gasteiger partial charge in [-0.05, 0) is 32.8 Å². The Bertz CT molecular complexity index is 693. The SMILES string of the molecule is Cc1nc2c(c(=O)[nH]1)CC(C)N(C(C)c1ccccc1)C2. The predicted molar refractivity (Wildman–Crippen MR) is 83.2 cm³/mol. The average Bonchev–Trinajstić information content (AvgIpc) is 2.48. The predicted octanol–water partition coefficient (Wildman–Crippen LogP) is 2.59. The van der Waals surface area contributed by atoms with Crippen LogP contribution in [0.2, 0.25) is 0 Å². The number of aromatic nitrogens is 2. The fraction of sp³-hybridized carbons (Fsp3) is 0.412. The van der Waals surface area contributed by atoms with Crippen LogP contribution in [0.1, 0.15) is 42.5 Å². The van der Waals surface area contributed by atoms with Crippen molar-refractivity contribution in [1.29, 1.82) is 0 Å². The van der Waals surface area contributed by atoms with Crippen LogP contribution in [-0.4, -0.2) is 20.9 Å². The highest BCUT2D eigenvalue weighted by molar-refractivity contribution is 5.24. The van der Waals surface area contributed by atoms with Gasteiger partial charge in [0, 0.05) is 24.2 Å². The third-order valence-electron chi connectivity index (χ3n) is 4.40. The Kier molecular flexibility index (Phi) is 3.64. The van der Waals surface area contributed by atoms with E-state index in [1.165, 1.54) is 5.56 Å². The third-order valence-corrected chi connectivity index (χ3v) is 4.40. The van der Waals surface area contributed by atoms with E-state index >= 15 is 0 Å². The lowest BCUT2D eigenvalue weighted by atomic mass is 9.96. The Morgan fingerprint density at radius 2 is 2.05 bits per heavy atom. The van der Waals surface area contributed by atoms with Gasteiger partial charge in [-0.25, -0.2) is 4.98 Å². The number of fused-ring (bicyclic) bond motifs is 1. The van der Waals surface area contributed by atoms with Crippen molar-refractivity contribution in [2.24, 2.45) is 0 Å². The van der Waals surface area contributed by atoms with Gasteiger partial charge in [-0.3, -0.25) is 9.69 Å². The lowest BCUT2D eigenvalue weighted by molar-refractivity contribution is 0.128. The van der Waals surface area contributed by atoms with Crippen molar-refractivity contribution in [2.75, 3.05) is 0 Å². The van der Waals surface area contributed by atoms with Crippen LogP contribution in [0.5, 0.6) is 0 Å². The zero-order chi connectivity index (χ0) is 15.0. The zero-order valence-electron chi connectivity index (χ0n) is 12.8. The van der Waals surface area contributed by atoms with Gasteiger partial charge in [0.2, 0.25) is 0 Å². The number of nitrogens with zero attached hydrogens (tertiary/aromatic N) is 2. The van der Waals surface area contributed by atoms with Crippen molar-refractivity contribution < 1.29 is 0 Å². The van der Waals surface area contributed by atoms with E-state index in [0.717, 1.165) is 24.2 Å². The minimum atomic E-state index is 0.0244. The summed E-state index contributed by atoms with van der Waals surface area (Å²) in [6, 6.07) is 11.1. The molecule has 4 heteroatoms. The molecule has 4 nitrogen and oxygen atoms in total. The average molecular weight is 283 g/mol. The number of H-pyrrole nitrogens is 1. The molecule has 0 bridgehead atoms. The van der Waals surface area contributed by atoms with Gasteiger partial charge in [-0.15, -0.1) is 0 Å². The Labute approximate surface area is 124 Å². The normalized spacial score (nSPS) is 20.0. The largest absolute Gasteiger partial charge is 0.311 e. The topological polar surface area (TPSA) is 49.0 Å². The quantitative estimate of drug-likeness (QED) is 0.921. The number of nitrogens with one attached hydrogen (secondary N) is 1. The standard InChI is InChI=1S/C17H21N3O/c1-11-9-15-16(18-13(3)19-17(15)21)10-20(11)12(2)14-7-5-4-6-8-14/h4-8,11-12H,9-10H2,1-3H3,(H,18,19,21). The Hall–Kier alpha value is -1.94. The van der Waals surface area contributed by atoms with E-state index in [-0.39, 0.29) is 5.56 Å². The first-order valence-electron chi connectivity index (χ1n) is 7.45. The highest BCUT2D eigenvalue weighted by Gasteiger charge is 2.29. The molecule has 1 aromatic heterocycles. The van der Waals surface area contributed by atoms with Gasteiger partial charge in [0.05, 0.1) is 5.69 Å². The molecule has 2 aromatic rings. The van der Waals surface area contributed by atoms with E-state index in [0.29, 0.717) is 17.9 Å². The molecule has 110 valence electrons. The lowest BCUT2D eigenvalue weighted by Crippen LogP contribution is -2.43. The van der Waals surface area contributed by atoms with Gasteiger partial charge in [0.25, 0.3) is 5.56 Å². The van der Waals surface area contributed by atoms with Gasteiger partial charge in [-0.2, -0.15) is 0 Å². The molecule has 0 saturated carbocycles. The first-order valence-corrected chi connectivity index (χ1v) is 7.45. The Morgan fingerprint density at radius 1 is 1.33 bits per heavy atom. The first kappa shape index (κ1) is 14.0. The molecule has 1 N–H and O–H groups in total. The molecule has 21 heavy (non-hydrogen) atoms. The number of benzene rings is 1. The van der Waals surface area contributed by atoms with Crippen molar-refractivity contribution in [3.63, 3.8) is 0 Å². The van der Waals surface area contributed by atoms with E-state index in [9.17, 15) is 4.79 Å². The molecule has 0 spiro atoms. The maximum atomic E-state index is 12.1. The summed E-state index contributed by atoms with van der Waals surface area (Å²) in [6.07, 6.45) is 0.759. The summed E-state index contributed by atoms with van der Waals surface area (Å²) in [5, 5.41) is 0. The summed E-state index contributed by atoms with van der Waals surface area (Å²) in [5.74, 6) is 0.695. The van der Waals surface area contributed by atoms with Gasteiger partial charge in [0.15, 0.2) is 0 Å². The summed E-state index contributed by atoms with van der Waals surface area (Å²) in [7, 11) is 0. The van der Waals surface area contributed by atoms with Crippen LogP contribution in [0.25, 0.3) is 0 Å². The van der Waals surface area contributed by atoms with Crippen molar-refractivity contribution in [3.8, 4) is 0 Å². The fourth-order valence-electron chi connectivity index (χ4n) is 3.19. The van der Waals surface area contributed by atoms with E-state index in [4.69, 9.17) is 0 Å². The van der Waals surface area contributed by atoms with Crippen LogP contribution in [0.4, 0.5) is 0 Å². The number of rotatable bonds is 2. The van der Waals surface area contributed by atoms with Gasteiger partial charge in [0.1, 0.15) is 5.82 Å². The molecular formula is C17H21N3O. The molecule has 3 rings (SSSR count). The molecule has 0 amide bonds. The molecule has 2 heterocycles. The van der Waals surface area contributed by atoms with Crippen molar-refractivity contribution >= 4 is 0 Å². The van der Waals surface area contributed by atoms with Crippen LogP contribution in [-0.2, 0) is 13.0 Å². The molecule has 0 aliphatic carbocycles. The van der Waals surface area contributed by atoms with E-state index in [2.05, 4.69) is 53.0 Å². The second-order valence-corrected chi connectivity index (χ2v) is 5.89. The highest BCUT2D eigenvalue weighted by Crippen LogP contribution is 2.29. The molecule has 2 unspecified atom stereocenters. The number of aromatic amines is 1. The Balaban J connectivity index is 1.94. The summed E-state index contributed by atoms with van der Waals surface area (Å²) >= 11 is 0. The summed E-state index contributed by atoms with van der Waals surface area (Å²) in [4.78, 5) is 21.8. The zero-order valence-corrected chi connectivity index (χ0v) is 12.8. The molecule has 1 aliphatic rings. The van der Waals surface area contributed by atoms with Crippen LogP contribution >= 0.6 is 0 Å². The van der Waals surface area contributed by atoms with Crippen LogP contribution in [0.3, 0.4) is 0 Å². The Morgan fingerprint density at radius 3 is 2.76 bits per heavy atom. The van der Waals surface area contributed by atoms with E-state index < -0.39 is 0 Å². The minimum absolute atomic E-state index is 0.0244. The van der Waals surface area contributed by atoms with Gasteiger partial charge < -0.3 is 4.98 Å². The van der Waals surface area contributed by atoms with E-state index in [1.807, 2.05) is 13.0 Å². The fourth-order valence-corrected chi connectivity index (χ4v) is 3.19. The smallest absolute Gasteiger partial charge is 0.254 e. The van der Waals surface area contributed by atoms with Crippen molar-refractivity contribution in [2.45, 2.75) is 45.8 Å². The monoisotopic (exact) mass is 283 g/mol. The van der Waals surface area contributed by atoms with Gasteiger partial charge in [-0.1, -0.05) is 30.3 Å². The summed E-state index contributed by atoms with van der Waals surface area (Å²) in [5.41, 5.74) is 3.10. The lowest BCUT2D eigenvalue weighted by Gasteiger charge is -2.38. The number of hydrogen-bond acceptors (Lipinski definition) is 3. The second-order valence-electron chi connectivity index (χ2n) is 5.89. The molecule has 0 saturated heterocycles. The van der Waals surface area contributed by atoms with Crippen LogP contribution in [0, 0.1) is 6.92 Å². The molecule has 1 aromatic carbocycles.